The van der Waals surface area contributed by atoms with Gasteiger partial charge in [0, 0.05) is 0 Å². The zero-order chi connectivity index (χ0) is 12.9. The normalized spacial score (nSPS) is 13.4. The highest BCUT2D eigenvalue weighted by atomic mass is 35.6. The van der Waals surface area contributed by atoms with Crippen LogP contribution in [0.1, 0.15) is 20.3 Å². The lowest BCUT2D eigenvalue weighted by Crippen LogP contribution is -2.46. The molecule has 0 heterocycles. The molecule has 0 radical (unpaired) electrons. The van der Waals surface area contributed by atoms with Crippen molar-refractivity contribution in [3.63, 3.8) is 0 Å². The number of hydrogen-bond acceptors (Lipinski definition) is 3. The summed E-state index contributed by atoms with van der Waals surface area (Å²) in [5.74, 6) is -1.20. The molecule has 0 aromatic rings. The van der Waals surface area contributed by atoms with Crippen molar-refractivity contribution in [3.05, 3.63) is 0 Å². The van der Waals surface area contributed by atoms with Crippen LogP contribution in [0, 0.1) is 5.92 Å². The van der Waals surface area contributed by atoms with Crippen LogP contribution >= 0.6 is 34.8 Å². The molecule has 0 saturated heterocycles. The van der Waals surface area contributed by atoms with Crippen molar-refractivity contribution >= 4 is 46.7 Å². The van der Waals surface area contributed by atoms with Crippen LogP contribution < -0.4 is 5.32 Å². The highest BCUT2D eigenvalue weighted by molar-refractivity contribution is 6.76. The molecule has 0 aliphatic rings. The van der Waals surface area contributed by atoms with E-state index in [0.29, 0.717) is 6.42 Å². The number of amides is 1. The van der Waals surface area contributed by atoms with Gasteiger partial charge in [-0.2, -0.15) is 0 Å². The molecular weight excluding hydrogens is 276 g/mol. The highest BCUT2D eigenvalue weighted by Gasteiger charge is 2.34. The fourth-order valence-electron chi connectivity index (χ4n) is 1.07. The number of alkyl halides is 3. The van der Waals surface area contributed by atoms with Gasteiger partial charge < -0.3 is 10.1 Å². The van der Waals surface area contributed by atoms with E-state index in [2.05, 4.69) is 10.1 Å². The summed E-state index contributed by atoms with van der Waals surface area (Å²) in [5, 5.41) is 2.33. The summed E-state index contributed by atoms with van der Waals surface area (Å²) in [6.07, 6.45) is 0.416. The van der Waals surface area contributed by atoms with E-state index in [9.17, 15) is 9.59 Å². The highest BCUT2D eigenvalue weighted by Crippen LogP contribution is 2.26. The van der Waals surface area contributed by atoms with Crippen LogP contribution in [0.15, 0.2) is 0 Å². The summed E-state index contributed by atoms with van der Waals surface area (Å²) < 4.78 is 2.46. The van der Waals surface area contributed by atoms with Crippen LogP contribution in [0.2, 0.25) is 0 Å². The number of carbonyl (C=O) groups is 2. The van der Waals surface area contributed by atoms with Crippen molar-refractivity contribution in [2.45, 2.75) is 30.1 Å². The van der Waals surface area contributed by atoms with Crippen LogP contribution in [0.5, 0.6) is 0 Å². The first-order valence-corrected chi connectivity index (χ1v) is 5.77. The van der Waals surface area contributed by atoms with Gasteiger partial charge in [-0.3, -0.25) is 4.79 Å². The lowest BCUT2D eigenvalue weighted by molar-refractivity contribution is -0.145. The van der Waals surface area contributed by atoms with E-state index in [0.717, 1.165) is 0 Å². The number of esters is 1. The van der Waals surface area contributed by atoms with E-state index >= 15 is 0 Å². The molecule has 16 heavy (non-hydrogen) atoms. The molecule has 0 aromatic heterocycles. The Kier molecular flexibility index (Phi) is 6.44. The number of carbonyl (C=O) groups excluding carboxylic acids is 2. The van der Waals surface area contributed by atoms with Crippen LogP contribution in [-0.4, -0.2) is 28.8 Å². The second-order valence-corrected chi connectivity index (χ2v) is 5.96. The number of methoxy groups -OCH3 is 1. The van der Waals surface area contributed by atoms with Gasteiger partial charge >= 0.3 is 5.97 Å². The van der Waals surface area contributed by atoms with Crippen molar-refractivity contribution in [1.82, 2.24) is 5.32 Å². The van der Waals surface area contributed by atoms with Crippen molar-refractivity contribution in [3.8, 4) is 0 Å². The first kappa shape index (κ1) is 15.8. The van der Waals surface area contributed by atoms with Crippen molar-refractivity contribution in [2.24, 2.45) is 5.92 Å². The lowest BCUT2D eigenvalue weighted by Gasteiger charge is -2.20. The maximum absolute atomic E-state index is 11.4. The fourth-order valence-corrected chi connectivity index (χ4v) is 1.23. The first-order valence-electron chi connectivity index (χ1n) is 4.64. The molecule has 94 valence electrons. The Balaban J connectivity index is 4.55. The van der Waals surface area contributed by atoms with Gasteiger partial charge in [0.05, 0.1) is 7.11 Å². The Morgan fingerprint density at radius 1 is 1.31 bits per heavy atom. The van der Waals surface area contributed by atoms with E-state index in [1.54, 1.807) is 0 Å². The molecule has 0 fully saturated rings. The van der Waals surface area contributed by atoms with E-state index in [1.165, 1.54) is 7.11 Å². The Morgan fingerprint density at radius 2 is 1.81 bits per heavy atom. The third-order valence-electron chi connectivity index (χ3n) is 1.76. The number of nitrogens with one attached hydrogen (secondary N) is 1. The van der Waals surface area contributed by atoms with Gasteiger partial charge in [0.1, 0.15) is 6.04 Å². The summed E-state index contributed by atoms with van der Waals surface area (Å²) in [5.41, 5.74) is 0. The van der Waals surface area contributed by atoms with Crippen molar-refractivity contribution < 1.29 is 14.3 Å². The van der Waals surface area contributed by atoms with Crippen LogP contribution in [-0.2, 0) is 14.3 Å². The summed E-state index contributed by atoms with van der Waals surface area (Å²) in [6, 6.07) is -0.798. The van der Waals surface area contributed by atoms with Gasteiger partial charge in [-0.25, -0.2) is 4.79 Å². The molecule has 0 spiro atoms. The SMILES string of the molecule is COC(=O)C(CC(C)C)NC(=O)C(Cl)(Cl)Cl. The predicted molar refractivity (Wildman–Crippen MR) is 63.7 cm³/mol. The Bertz CT molecular complexity index is 263. The smallest absolute Gasteiger partial charge is 0.328 e. The van der Waals surface area contributed by atoms with Crippen molar-refractivity contribution in [1.29, 1.82) is 0 Å². The molecule has 0 saturated carbocycles. The molecule has 4 nitrogen and oxygen atoms in total. The zero-order valence-corrected chi connectivity index (χ0v) is 11.5. The summed E-state index contributed by atoms with van der Waals surface area (Å²) in [6.45, 7) is 3.80. The molecule has 1 N–H and O–H groups in total. The van der Waals surface area contributed by atoms with Gasteiger partial charge in [0.15, 0.2) is 0 Å². The minimum atomic E-state index is -2.08. The Morgan fingerprint density at radius 3 is 2.12 bits per heavy atom. The third kappa shape index (κ3) is 5.77. The minimum absolute atomic E-state index is 0.194. The maximum Gasteiger partial charge on any atom is 0.328 e. The van der Waals surface area contributed by atoms with Crippen LogP contribution in [0.4, 0.5) is 0 Å². The Labute approximate surface area is 110 Å². The standard InChI is InChI=1S/C9H14Cl3NO3/c1-5(2)4-6(7(14)16-3)13-8(15)9(10,11)12/h5-6H,4H2,1-3H3,(H,13,15). The average Bonchev–Trinajstić information content (AvgIpc) is 2.13. The minimum Gasteiger partial charge on any atom is -0.467 e. The van der Waals surface area contributed by atoms with E-state index in [1.807, 2.05) is 13.8 Å². The molecule has 1 amide bonds. The van der Waals surface area contributed by atoms with Crippen molar-refractivity contribution in [2.75, 3.05) is 7.11 Å². The summed E-state index contributed by atoms with van der Waals surface area (Å²) >= 11 is 16.1. The van der Waals surface area contributed by atoms with E-state index in [-0.39, 0.29) is 5.92 Å². The number of hydrogen-bond donors (Lipinski definition) is 1. The van der Waals surface area contributed by atoms with Crippen LogP contribution in [0.25, 0.3) is 0 Å². The zero-order valence-electron chi connectivity index (χ0n) is 9.22. The summed E-state index contributed by atoms with van der Waals surface area (Å²) in [4.78, 5) is 22.7. The molecule has 7 heteroatoms. The number of rotatable bonds is 4. The summed E-state index contributed by atoms with van der Waals surface area (Å²) in [7, 11) is 1.23. The Hall–Kier alpha value is -0.190. The van der Waals surface area contributed by atoms with Gasteiger partial charge in [-0.1, -0.05) is 48.7 Å². The quantitative estimate of drug-likeness (QED) is 0.637. The van der Waals surface area contributed by atoms with Crippen LogP contribution in [0.3, 0.4) is 0 Å². The molecular formula is C9H14Cl3NO3. The number of halogens is 3. The second kappa shape index (κ2) is 6.52. The maximum atomic E-state index is 11.4. The van der Waals surface area contributed by atoms with Gasteiger partial charge in [-0.05, 0) is 12.3 Å². The average molecular weight is 291 g/mol. The van der Waals surface area contributed by atoms with Gasteiger partial charge in [0.25, 0.3) is 9.70 Å². The first-order chi connectivity index (χ1) is 7.18. The van der Waals surface area contributed by atoms with E-state index < -0.39 is 21.7 Å². The topological polar surface area (TPSA) is 55.4 Å². The van der Waals surface area contributed by atoms with E-state index in [4.69, 9.17) is 34.8 Å². The number of ether oxygens (including phenoxy) is 1. The third-order valence-corrected chi connectivity index (χ3v) is 2.27. The predicted octanol–water partition coefficient (Wildman–Crippen LogP) is 2.06. The fraction of sp³-hybridized carbons (Fsp3) is 0.778. The molecule has 0 bridgehead atoms. The lowest BCUT2D eigenvalue weighted by atomic mass is 10.0. The van der Waals surface area contributed by atoms with Gasteiger partial charge in [-0.15, -0.1) is 0 Å². The molecule has 1 atom stereocenters. The molecule has 0 aromatic carbocycles. The molecule has 0 rings (SSSR count). The van der Waals surface area contributed by atoms with Gasteiger partial charge in [0.2, 0.25) is 0 Å². The molecule has 0 aliphatic carbocycles. The monoisotopic (exact) mass is 289 g/mol. The molecule has 1 unspecified atom stereocenters. The largest absolute Gasteiger partial charge is 0.467 e. The molecule has 0 aliphatic heterocycles. The second-order valence-electron chi connectivity index (χ2n) is 3.68.